The zero-order chi connectivity index (χ0) is 11.5. The number of carbonyl (C=O) groups is 1. The molecule has 1 amide bonds. The molecule has 0 saturated heterocycles. The van der Waals surface area contributed by atoms with Gasteiger partial charge < -0.3 is 9.32 Å². The first-order valence-electron chi connectivity index (χ1n) is 5.06. The minimum absolute atomic E-state index is 0.0666. The van der Waals surface area contributed by atoms with Crippen molar-refractivity contribution in [2.24, 2.45) is 0 Å². The Morgan fingerprint density at radius 2 is 2.00 bits per heavy atom. The van der Waals surface area contributed by atoms with E-state index in [2.05, 4.69) is 0 Å². The number of nitrogens with zero attached hydrogens (tertiary/aromatic N) is 1. The number of furan rings is 1. The van der Waals surface area contributed by atoms with Crippen molar-refractivity contribution in [3.05, 3.63) is 54.0 Å². The van der Waals surface area contributed by atoms with Crippen LogP contribution < -0.4 is 4.90 Å². The molecular weight excluding hydrogens is 202 g/mol. The molecule has 0 aliphatic rings. The van der Waals surface area contributed by atoms with Gasteiger partial charge in [-0.2, -0.15) is 0 Å². The molecule has 82 valence electrons. The molecule has 3 nitrogen and oxygen atoms in total. The van der Waals surface area contributed by atoms with E-state index in [0.717, 1.165) is 11.3 Å². The molecule has 0 fully saturated rings. The van der Waals surface area contributed by atoms with Crippen molar-refractivity contribution < 1.29 is 9.21 Å². The Hall–Kier alpha value is -2.03. The minimum Gasteiger partial charge on any atom is -0.472 e. The molecule has 0 atom stereocenters. The van der Waals surface area contributed by atoms with Crippen molar-refractivity contribution in [2.45, 2.75) is 6.92 Å². The summed E-state index contributed by atoms with van der Waals surface area (Å²) in [4.78, 5) is 13.6. The van der Waals surface area contributed by atoms with Gasteiger partial charge in [-0.25, -0.2) is 0 Å². The molecule has 3 heteroatoms. The summed E-state index contributed by atoms with van der Waals surface area (Å²) in [7, 11) is 1.76. The molecule has 2 rings (SSSR count). The van der Waals surface area contributed by atoms with E-state index in [-0.39, 0.29) is 5.91 Å². The van der Waals surface area contributed by atoms with Crippen LogP contribution in [0.1, 0.15) is 15.9 Å². The van der Waals surface area contributed by atoms with Crippen LogP contribution in [-0.4, -0.2) is 13.0 Å². The second-order valence-electron chi connectivity index (χ2n) is 3.66. The maximum atomic E-state index is 12.0. The predicted molar refractivity (Wildman–Crippen MR) is 62.6 cm³/mol. The molecule has 1 aromatic carbocycles. The molecule has 1 heterocycles. The van der Waals surface area contributed by atoms with Crippen molar-refractivity contribution in [1.29, 1.82) is 0 Å². The number of rotatable bonds is 2. The quantitative estimate of drug-likeness (QED) is 0.771. The topological polar surface area (TPSA) is 33.5 Å². The smallest absolute Gasteiger partial charge is 0.261 e. The summed E-state index contributed by atoms with van der Waals surface area (Å²) >= 11 is 0. The molecular formula is C13H13NO2. The lowest BCUT2D eigenvalue weighted by Crippen LogP contribution is -2.26. The van der Waals surface area contributed by atoms with Gasteiger partial charge >= 0.3 is 0 Å². The fraction of sp³-hybridized carbons (Fsp3) is 0.154. The van der Waals surface area contributed by atoms with Gasteiger partial charge in [0.25, 0.3) is 5.91 Å². The Morgan fingerprint density at radius 1 is 1.25 bits per heavy atom. The van der Waals surface area contributed by atoms with E-state index in [1.165, 1.54) is 12.5 Å². The summed E-state index contributed by atoms with van der Waals surface area (Å²) in [5, 5.41) is 0. The average Bonchev–Trinajstić information content (AvgIpc) is 2.81. The second-order valence-corrected chi connectivity index (χ2v) is 3.66. The molecule has 0 aliphatic carbocycles. The van der Waals surface area contributed by atoms with E-state index < -0.39 is 0 Å². The lowest BCUT2D eigenvalue weighted by molar-refractivity contribution is 0.0992. The predicted octanol–water partition coefficient (Wildman–Crippen LogP) is 2.86. The first-order chi connectivity index (χ1) is 7.70. The number of hydrogen-bond donors (Lipinski definition) is 0. The Labute approximate surface area is 94.3 Å². The second kappa shape index (κ2) is 4.23. The summed E-state index contributed by atoms with van der Waals surface area (Å²) in [6.07, 6.45) is 2.95. The Kier molecular flexibility index (Phi) is 2.77. The summed E-state index contributed by atoms with van der Waals surface area (Å²) in [6.45, 7) is 1.98. The summed E-state index contributed by atoms with van der Waals surface area (Å²) in [5.41, 5.74) is 2.54. The maximum absolute atomic E-state index is 12.0. The third kappa shape index (κ3) is 1.84. The van der Waals surface area contributed by atoms with Gasteiger partial charge in [-0.3, -0.25) is 4.79 Å². The molecule has 0 aliphatic heterocycles. The molecule has 2 aromatic rings. The van der Waals surface area contributed by atoms with Gasteiger partial charge in [-0.05, 0) is 24.6 Å². The van der Waals surface area contributed by atoms with Crippen LogP contribution in [-0.2, 0) is 0 Å². The molecule has 16 heavy (non-hydrogen) atoms. The van der Waals surface area contributed by atoms with E-state index in [1.807, 2.05) is 31.2 Å². The zero-order valence-corrected chi connectivity index (χ0v) is 9.31. The van der Waals surface area contributed by atoms with Crippen molar-refractivity contribution in [2.75, 3.05) is 11.9 Å². The number of hydrogen-bond acceptors (Lipinski definition) is 2. The Balaban J connectivity index is 2.30. The summed E-state index contributed by atoms with van der Waals surface area (Å²) < 4.78 is 4.90. The first-order valence-corrected chi connectivity index (χ1v) is 5.06. The fourth-order valence-corrected chi connectivity index (χ4v) is 1.63. The molecule has 0 saturated carbocycles. The van der Waals surface area contributed by atoms with Crippen LogP contribution in [0, 0.1) is 6.92 Å². The van der Waals surface area contributed by atoms with Gasteiger partial charge in [0.1, 0.15) is 6.26 Å². The lowest BCUT2D eigenvalue weighted by Gasteiger charge is -2.18. The van der Waals surface area contributed by atoms with E-state index in [4.69, 9.17) is 4.42 Å². The van der Waals surface area contributed by atoms with Crippen LogP contribution >= 0.6 is 0 Å². The highest BCUT2D eigenvalue weighted by Crippen LogP contribution is 2.19. The minimum atomic E-state index is -0.0666. The summed E-state index contributed by atoms with van der Waals surface area (Å²) in [6, 6.07) is 9.44. The number of benzene rings is 1. The third-order valence-electron chi connectivity index (χ3n) is 2.55. The lowest BCUT2D eigenvalue weighted by atomic mass is 10.1. The van der Waals surface area contributed by atoms with Crippen LogP contribution in [0.15, 0.2) is 47.3 Å². The van der Waals surface area contributed by atoms with E-state index in [0.29, 0.717) is 5.56 Å². The number of carbonyl (C=O) groups excluding carboxylic acids is 1. The van der Waals surface area contributed by atoms with Gasteiger partial charge in [0.2, 0.25) is 0 Å². The van der Waals surface area contributed by atoms with Crippen molar-refractivity contribution >= 4 is 11.6 Å². The zero-order valence-electron chi connectivity index (χ0n) is 9.31. The molecule has 1 aromatic heterocycles. The normalized spacial score (nSPS) is 10.1. The van der Waals surface area contributed by atoms with Gasteiger partial charge in [-0.1, -0.05) is 18.2 Å². The Morgan fingerprint density at radius 3 is 2.62 bits per heavy atom. The fourth-order valence-electron chi connectivity index (χ4n) is 1.63. The highest BCUT2D eigenvalue weighted by atomic mass is 16.3. The number of para-hydroxylation sites is 1. The van der Waals surface area contributed by atoms with E-state index >= 15 is 0 Å². The largest absolute Gasteiger partial charge is 0.472 e. The molecule has 0 bridgehead atoms. The van der Waals surface area contributed by atoms with Crippen LogP contribution in [0.3, 0.4) is 0 Å². The van der Waals surface area contributed by atoms with Crippen molar-refractivity contribution in [3.8, 4) is 0 Å². The molecule has 0 spiro atoms. The average molecular weight is 215 g/mol. The summed E-state index contributed by atoms with van der Waals surface area (Å²) in [5.74, 6) is -0.0666. The first kappa shape index (κ1) is 10.5. The van der Waals surface area contributed by atoms with Crippen LogP contribution in [0.5, 0.6) is 0 Å². The molecule has 0 radical (unpaired) electrons. The van der Waals surface area contributed by atoms with Crippen molar-refractivity contribution in [3.63, 3.8) is 0 Å². The van der Waals surface area contributed by atoms with Gasteiger partial charge in [-0.15, -0.1) is 0 Å². The highest BCUT2D eigenvalue weighted by molar-refractivity contribution is 6.05. The number of aryl methyl sites for hydroxylation is 1. The van der Waals surface area contributed by atoms with E-state index in [1.54, 1.807) is 18.0 Å². The van der Waals surface area contributed by atoms with Crippen LogP contribution in [0.25, 0.3) is 0 Å². The number of amides is 1. The molecule has 0 N–H and O–H groups in total. The van der Waals surface area contributed by atoms with Gasteiger partial charge in [0, 0.05) is 12.7 Å². The van der Waals surface area contributed by atoms with Gasteiger partial charge in [0.05, 0.1) is 11.8 Å². The maximum Gasteiger partial charge on any atom is 0.261 e. The number of anilines is 1. The monoisotopic (exact) mass is 215 g/mol. The highest BCUT2D eigenvalue weighted by Gasteiger charge is 2.15. The van der Waals surface area contributed by atoms with Crippen molar-refractivity contribution in [1.82, 2.24) is 0 Å². The molecule has 0 unspecified atom stereocenters. The van der Waals surface area contributed by atoms with Crippen LogP contribution in [0.4, 0.5) is 5.69 Å². The van der Waals surface area contributed by atoms with Gasteiger partial charge in [0.15, 0.2) is 0 Å². The Bertz CT molecular complexity index is 488. The SMILES string of the molecule is Cc1ccccc1N(C)C(=O)c1ccoc1. The standard InChI is InChI=1S/C13H13NO2/c1-10-5-3-4-6-12(10)14(2)13(15)11-7-8-16-9-11/h3-9H,1-2H3. The van der Waals surface area contributed by atoms with E-state index in [9.17, 15) is 4.79 Å². The third-order valence-corrected chi connectivity index (χ3v) is 2.55. The van der Waals surface area contributed by atoms with Crippen LogP contribution in [0.2, 0.25) is 0 Å².